The number of aryl methyl sites for hydroxylation is 1. The summed E-state index contributed by atoms with van der Waals surface area (Å²) in [6.07, 6.45) is 2.46. The van der Waals surface area contributed by atoms with Crippen molar-refractivity contribution in [3.8, 4) is 11.1 Å². The van der Waals surface area contributed by atoms with Crippen LogP contribution in [0.5, 0.6) is 0 Å². The summed E-state index contributed by atoms with van der Waals surface area (Å²) in [5.41, 5.74) is 8.46. The van der Waals surface area contributed by atoms with E-state index in [4.69, 9.17) is 0 Å². The molecule has 1 aliphatic rings. The lowest BCUT2D eigenvalue weighted by Crippen LogP contribution is -2.17. The van der Waals surface area contributed by atoms with Gasteiger partial charge in [-0.3, -0.25) is 0 Å². The Morgan fingerprint density at radius 2 is 1.54 bits per heavy atom. The third-order valence-electron chi connectivity index (χ3n) is 5.28. The van der Waals surface area contributed by atoms with Gasteiger partial charge in [0.2, 0.25) is 0 Å². The lowest BCUT2D eigenvalue weighted by Gasteiger charge is -2.30. The molecule has 0 aliphatic heterocycles. The lowest BCUT2D eigenvalue weighted by atomic mass is 9.74. The smallest absolute Gasteiger partial charge is 0.00949 e. The standard InChI is InChI=1S/C24H24/c1-17-7-5-9-19(13-17)20-10-6-11-22(16-20)24-15-18(2)14-21-8-3-4-12-23(21)24/h3-13,16,18,24H,14-15H2,1-2H3/t18-,24+/m1/s1. The average molecular weight is 312 g/mol. The fraction of sp³-hybridized carbons (Fsp3) is 0.250. The van der Waals surface area contributed by atoms with Gasteiger partial charge in [0.05, 0.1) is 0 Å². The highest BCUT2D eigenvalue weighted by molar-refractivity contribution is 5.65. The van der Waals surface area contributed by atoms with Gasteiger partial charge in [-0.25, -0.2) is 0 Å². The molecular formula is C24H24. The van der Waals surface area contributed by atoms with Gasteiger partial charge in [0.1, 0.15) is 0 Å². The van der Waals surface area contributed by atoms with E-state index < -0.39 is 0 Å². The topological polar surface area (TPSA) is 0 Å². The van der Waals surface area contributed by atoms with Crippen molar-refractivity contribution in [1.29, 1.82) is 0 Å². The van der Waals surface area contributed by atoms with Crippen molar-refractivity contribution in [2.45, 2.75) is 32.6 Å². The van der Waals surface area contributed by atoms with Crippen LogP contribution < -0.4 is 0 Å². The SMILES string of the molecule is Cc1cccc(-c2cccc([C@@H]3C[C@H](C)Cc4ccccc43)c2)c1. The predicted octanol–water partition coefficient (Wildman–Crippen LogP) is 6.38. The highest BCUT2D eigenvalue weighted by Crippen LogP contribution is 2.40. The molecule has 0 radical (unpaired) electrons. The van der Waals surface area contributed by atoms with Gasteiger partial charge in [0.15, 0.2) is 0 Å². The number of benzene rings is 3. The molecular weight excluding hydrogens is 288 g/mol. The second-order valence-electron chi connectivity index (χ2n) is 7.29. The van der Waals surface area contributed by atoms with E-state index in [-0.39, 0.29) is 0 Å². The van der Waals surface area contributed by atoms with Crippen molar-refractivity contribution in [2.24, 2.45) is 5.92 Å². The summed E-state index contributed by atoms with van der Waals surface area (Å²) in [4.78, 5) is 0. The van der Waals surface area contributed by atoms with Crippen LogP contribution in [0.3, 0.4) is 0 Å². The van der Waals surface area contributed by atoms with Gasteiger partial charge in [-0.05, 0) is 53.5 Å². The maximum absolute atomic E-state index is 2.40. The third kappa shape index (κ3) is 2.89. The van der Waals surface area contributed by atoms with E-state index in [1.807, 2.05) is 0 Å². The summed E-state index contributed by atoms with van der Waals surface area (Å²) in [6, 6.07) is 26.9. The zero-order valence-corrected chi connectivity index (χ0v) is 14.5. The first kappa shape index (κ1) is 15.2. The van der Waals surface area contributed by atoms with Gasteiger partial charge >= 0.3 is 0 Å². The molecule has 0 nitrogen and oxygen atoms in total. The van der Waals surface area contributed by atoms with Crippen molar-refractivity contribution in [3.05, 3.63) is 95.1 Å². The number of hydrogen-bond acceptors (Lipinski definition) is 0. The van der Waals surface area contributed by atoms with Crippen LogP contribution in [0.15, 0.2) is 72.8 Å². The van der Waals surface area contributed by atoms with E-state index in [1.54, 1.807) is 0 Å². The average Bonchev–Trinajstić information content (AvgIpc) is 2.61. The van der Waals surface area contributed by atoms with Crippen molar-refractivity contribution < 1.29 is 0 Å². The highest BCUT2D eigenvalue weighted by Gasteiger charge is 2.25. The monoisotopic (exact) mass is 312 g/mol. The van der Waals surface area contributed by atoms with Gasteiger partial charge in [0.25, 0.3) is 0 Å². The minimum Gasteiger partial charge on any atom is -0.0622 e. The summed E-state index contributed by atoms with van der Waals surface area (Å²) < 4.78 is 0. The summed E-state index contributed by atoms with van der Waals surface area (Å²) in [5, 5.41) is 0. The van der Waals surface area contributed by atoms with Gasteiger partial charge in [-0.15, -0.1) is 0 Å². The van der Waals surface area contributed by atoms with E-state index >= 15 is 0 Å². The Balaban J connectivity index is 1.77. The van der Waals surface area contributed by atoms with Gasteiger partial charge in [-0.1, -0.05) is 85.3 Å². The summed E-state index contributed by atoms with van der Waals surface area (Å²) in [6.45, 7) is 4.54. The Hall–Kier alpha value is -2.34. The van der Waals surface area contributed by atoms with E-state index in [0.29, 0.717) is 5.92 Å². The molecule has 3 aromatic rings. The summed E-state index contributed by atoms with van der Waals surface area (Å²) >= 11 is 0. The van der Waals surface area contributed by atoms with E-state index in [9.17, 15) is 0 Å². The first-order chi connectivity index (χ1) is 11.7. The Kier molecular flexibility index (Phi) is 3.98. The normalized spacial score (nSPS) is 19.8. The number of hydrogen-bond donors (Lipinski definition) is 0. The largest absolute Gasteiger partial charge is 0.0622 e. The molecule has 0 N–H and O–H groups in total. The molecule has 2 atom stereocenters. The summed E-state index contributed by atoms with van der Waals surface area (Å²) in [7, 11) is 0. The van der Waals surface area contributed by atoms with Crippen molar-refractivity contribution in [2.75, 3.05) is 0 Å². The number of rotatable bonds is 2. The second kappa shape index (κ2) is 6.28. The molecule has 4 rings (SSSR count). The van der Waals surface area contributed by atoms with Gasteiger partial charge < -0.3 is 0 Å². The molecule has 0 saturated carbocycles. The van der Waals surface area contributed by atoms with Crippen LogP contribution in [0, 0.1) is 12.8 Å². The van der Waals surface area contributed by atoms with Crippen molar-refractivity contribution in [3.63, 3.8) is 0 Å². The number of fused-ring (bicyclic) bond motifs is 1. The van der Waals surface area contributed by atoms with Crippen LogP contribution in [-0.2, 0) is 6.42 Å². The fourth-order valence-corrected chi connectivity index (χ4v) is 4.12. The van der Waals surface area contributed by atoms with E-state index in [2.05, 4.69) is 86.6 Å². The highest BCUT2D eigenvalue weighted by atomic mass is 14.3. The van der Waals surface area contributed by atoms with Crippen LogP contribution in [0.1, 0.15) is 41.5 Å². The molecule has 24 heavy (non-hydrogen) atoms. The molecule has 0 bridgehead atoms. The van der Waals surface area contributed by atoms with Crippen LogP contribution in [0.2, 0.25) is 0 Å². The van der Waals surface area contributed by atoms with E-state index in [0.717, 1.165) is 5.92 Å². The lowest BCUT2D eigenvalue weighted by molar-refractivity contribution is 0.464. The first-order valence-electron chi connectivity index (χ1n) is 8.95. The zero-order chi connectivity index (χ0) is 16.5. The summed E-state index contributed by atoms with van der Waals surface area (Å²) in [5.74, 6) is 1.27. The van der Waals surface area contributed by atoms with Crippen molar-refractivity contribution >= 4 is 0 Å². The maximum Gasteiger partial charge on any atom is 0.00949 e. The van der Waals surface area contributed by atoms with Crippen LogP contribution in [0.4, 0.5) is 0 Å². The third-order valence-corrected chi connectivity index (χ3v) is 5.28. The molecule has 0 spiro atoms. The molecule has 0 heteroatoms. The van der Waals surface area contributed by atoms with E-state index in [1.165, 1.54) is 46.2 Å². The molecule has 0 heterocycles. The molecule has 3 aromatic carbocycles. The van der Waals surface area contributed by atoms with Crippen LogP contribution in [-0.4, -0.2) is 0 Å². The second-order valence-corrected chi connectivity index (χ2v) is 7.29. The Morgan fingerprint density at radius 1 is 0.792 bits per heavy atom. The van der Waals surface area contributed by atoms with Crippen molar-refractivity contribution in [1.82, 2.24) is 0 Å². The van der Waals surface area contributed by atoms with Gasteiger partial charge in [-0.2, -0.15) is 0 Å². The predicted molar refractivity (Wildman–Crippen MR) is 102 cm³/mol. The Morgan fingerprint density at radius 3 is 2.38 bits per heavy atom. The first-order valence-corrected chi connectivity index (χ1v) is 8.95. The molecule has 0 aromatic heterocycles. The van der Waals surface area contributed by atoms with Crippen LogP contribution in [0.25, 0.3) is 11.1 Å². The molecule has 0 amide bonds. The zero-order valence-electron chi connectivity index (χ0n) is 14.5. The Labute approximate surface area is 145 Å². The molecule has 1 aliphatic carbocycles. The molecule has 120 valence electrons. The molecule has 0 fully saturated rings. The Bertz CT molecular complexity index is 859. The van der Waals surface area contributed by atoms with Crippen LogP contribution >= 0.6 is 0 Å². The van der Waals surface area contributed by atoms with Gasteiger partial charge in [0, 0.05) is 5.92 Å². The minimum atomic E-state index is 0.523. The minimum absolute atomic E-state index is 0.523. The molecule has 0 unspecified atom stereocenters. The quantitative estimate of drug-likeness (QED) is 0.515. The molecule has 0 saturated heterocycles. The maximum atomic E-state index is 2.40. The fourth-order valence-electron chi connectivity index (χ4n) is 4.12.